The average molecular weight is 340 g/mol. The molecule has 0 aromatic carbocycles. The lowest BCUT2D eigenvalue weighted by atomic mass is 10.2. The van der Waals surface area contributed by atoms with Crippen molar-refractivity contribution in [1.29, 1.82) is 0 Å². The second-order valence-electron chi connectivity index (χ2n) is 6.28. The highest BCUT2D eigenvalue weighted by molar-refractivity contribution is 5.94. The average Bonchev–Trinajstić information content (AvgIpc) is 3.20. The fourth-order valence-corrected chi connectivity index (χ4v) is 3.19. The molecular formula is C16H20N8O. The van der Waals surface area contributed by atoms with Crippen molar-refractivity contribution in [3.8, 4) is 0 Å². The first-order valence-corrected chi connectivity index (χ1v) is 8.22. The number of rotatable bonds is 2. The van der Waals surface area contributed by atoms with E-state index in [1.165, 1.54) is 0 Å². The topological polar surface area (TPSA) is 85.0 Å². The monoisotopic (exact) mass is 340 g/mol. The normalized spacial score (nSPS) is 15.2. The molecule has 0 unspecified atom stereocenters. The number of fused-ring (bicyclic) bond motifs is 1. The predicted molar refractivity (Wildman–Crippen MR) is 92.4 cm³/mol. The minimum atomic E-state index is 0.0261. The molecule has 0 atom stereocenters. The molecular weight excluding hydrogens is 320 g/mol. The van der Waals surface area contributed by atoms with Gasteiger partial charge in [0.15, 0.2) is 5.65 Å². The van der Waals surface area contributed by atoms with Crippen molar-refractivity contribution in [3.63, 3.8) is 0 Å². The van der Waals surface area contributed by atoms with E-state index in [1.54, 1.807) is 28.0 Å². The first-order valence-electron chi connectivity index (χ1n) is 8.22. The van der Waals surface area contributed by atoms with Crippen molar-refractivity contribution < 1.29 is 4.79 Å². The lowest BCUT2D eigenvalue weighted by Gasteiger charge is -2.35. The minimum absolute atomic E-state index is 0.0261. The smallest absolute Gasteiger partial charge is 0.257 e. The van der Waals surface area contributed by atoms with E-state index >= 15 is 0 Å². The number of aromatic nitrogens is 6. The summed E-state index contributed by atoms with van der Waals surface area (Å²) < 4.78 is 3.40. The van der Waals surface area contributed by atoms with Crippen molar-refractivity contribution in [2.75, 3.05) is 31.1 Å². The van der Waals surface area contributed by atoms with Gasteiger partial charge < -0.3 is 9.80 Å². The number of hydrogen-bond acceptors (Lipinski definition) is 6. The highest BCUT2D eigenvalue weighted by atomic mass is 16.2. The van der Waals surface area contributed by atoms with Gasteiger partial charge in [0.05, 0.1) is 23.3 Å². The van der Waals surface area contributed by atoms with Crippen molar-refractivity contribution in [1.82, 2.24) is 34.4 Å². The zero-order chi connectivity index (χ0) is 17.6. The Morgan fingerprint density at radius 3 is 2.48 bits per heavy atom. The Balaban J connectivity index is 1.53. The van der Waals surface area contributed by atoms with Gasteiger partial charge in [0, 0.05) is 46.5 Å². The van der Waals surface area contributed by atoms with Crippen molar-refractivity contribution >= 4 is 22.8 Å². The van der Waals surface area contributed by atoms with Crippen LogP contribution in [0.2, 0.25) is 0 Å². The largest absolute Gasteiger partial charge is 0.352 e. The summed E-state index contributed by atoms with van der Waals surface area (Å²) in [7, 11) is 3.69. The van der Waals surface area contributed by atoms with Crippen molar-refractivity contribution in [3.05, 3.63) is 30.0 Å². The van der Waals surface area contributed by atoms with Crippen LogP contribution in [-0.4, -0.2) is 66.5 Å². The lowest BCUT2D eigenvalue weighted by Crippen LogP contribution is -2.49. The number of anilines is 1. The van der Waals surface area contributed by atoms with E-state index < -0.39 is 0 Å². The standard InChI is InChI=1S/C16H20N8O/c1-11-19-14-13(9-18-22(14)3)15(20-11)23-4-6-24(7-5-23)16(25)12-8-17-21(2)10-12/h8-10H,4-7H2,1-3H3. The van der Waals surface area contributed by atoms with E-state index in [0.29, 0.717) is 18.7 Å². The Morgan fingerprint density at radius 1 is 1.04 bits per heavy atom. The van der Waals surface area contributed by atoms with Gasteiger partial charge in [0.1, 0.15) is 11.6 Å². The van der Waals surface area contributed by atoms with Gasteiger partial charge in [0.25, 0.3) is 5.91 Å². The van der Waals surface area contributed by atoms with Gasteiger partial charge in [-0.3, -0.25) is 14.2 Å². The maximum atomic E-state index is 12.5. The Morgan fingerprint density at radius 2 is 1.80 bits per heavy atom. The molecule has 0 saturated carbocycles. The summed E-state index contributed by atoms with van der Waals surface area (Å²) in [4.78, 5) is 25.7. The Bertz CT molecular complexity index is 935. The maximum absolute atomic E-state index is 12.5. The molecule has 3 aromatic heterocycles. The molecule has 1 fully saturated rings. The van der Waals surface area contributed by atoms with E-state index in [0.717, 1.165) is 35.8 Å². The SMILES string of the molecule is Cc1nc(N2CCN(C(=O)c3cnn(C)c3)CC2)c2cnn(C)c2n1. The summed E-state index contributed by atoms with van der Waals surface area (Å²) in [6.07, 6.45) is 5.17. The van der Waals surface area contributed by atoms with Gasteiger partial charge in [-0.25, -0.2) is 9.97 Å². The van der Waals surface area contributed by atoms with Crippen LogP contribution in [0, 0.1) is 6.92 Å². The molecule has 25 heavy (non-hydrogen) atoms. The predicted octanol–water partition coefficient (Wildman–Crippen LogP) is 0.368. The third-order valence-electron chi connectivity index (χ3n) is 4.50. The molecule has 9 nitrogen and oxygen atoms in total. The van der Waals surface area contributed by atoms with E-state index in [9.17, 15) is 4.79 Å². The van der Waals surface area contributed by atoms with Crippen LogP contribution in [0.25, 0.3) is 11.0 Å². The number of piperazine rings is 1. The number of hydrogen-bond donors (Lipinski definition) is 0. The van der Waals surface area contributed by atoms with Gasteiger partial charge in [-0.15, -0.1) is 0 Å². The highest BCUT2D eigenvalue weighted by Gasteiger charge is 2.25. The molecule has 4 rings (SSSR count). The van der Waals surface area contributed by atoms with Crippen LogP contribution in [0.15, 0.2) is 18.6 Å². The van der Waals surface area contributed by atoms with Crippen molar-refractivity contribution in [2.24, 2.45) is 14.1 Å². The molecule has 0 aliphatic carbocycles. The molecule has 0 spiro atoms. The highest BCUT2D eigenvalue weighted by Crippen LogP contribution is 2.24. The molecule has 0 radical (unpaired) electrons. The van der Waals surface area contributed by atoms with Crippen LogP contribution in [0.4, 0.5) is 5.82 Å². The van der Waals surface area contributed by atoms with Crippen LogP contribution in [0.5, 0.6) is 0 Å². The van der Waals surface area contributed by atoms with Gasteiger partial charge in [-0.1, -0.05) is 0 Å². The zero-order valence-corrected chi connectivity index (χ0v) is 14.5. The Labute approximate surface area is 144 Å². The first-order chi connectivity index (χ1) is 12.0. The molecule has 0 bridgehead atoms. The molecule has 3 aromatic rings. The van der Waals surface area contributed by atoms with E-state index in [-0.39, 0.29) is 5.91 Å². The fraction of sp³-hybridized carbons (Fsp3) is 0.438. The summed E-state index contributed by atoms with van der Waals surface area (Å²) >= 11 is 0. The molecule has 4 heterocycles. The van der Waals surface area contributed by atoms with Crippen molar-refractivity contribution in [2.45, 2.75) is 6.92 Å². The summed E-state index contributed by atoms with van der Waals surface area (Å²) in [5.74, 6) is 1.64. The number of nitrogens with zero attached hydrogens (tertiary/aromatic N) is 8. The molecule has 130 valence electrons. The summed E-state index contributed by atoms with van der Waals surface area (Å²) in [6, 6.07) is 0. The lowest BCUT2D eigenvalue weighted by molar-refractivity contribution is 0.0746. The van der Waals surface area contributed by atoms with Crippen LogP contribution < -0.4 is 4.90 Å². The van der Waals surface area contributed by atoms with E-state index in [4.69, 9.17) is 0 Å². The minimum Gasteiger partial charge on any atom is -0.352 e. The molecule has 1 aliphatic rings. The van der Waals surface area contributed by atoms with E-state index in [1.807, 2.05) is 25.9 Å². The number of carbonyl (C=O) groups is 1. The van der Waals surface area contributed by atoms with Gasteiger partial charge >= 0.3 is 0 Å². The summed E-state index contributed by atoms with van der Waals surface area (Å²) in [6.45, 7) is 4.65. The molecule has 1 amide bonds. The van der Waals surface area contributed by atoms with E-state index in [2.05, 4.69) is 25.1 Å². The number of carbonyl (C=O) groups excluding carboxylic acids is 1. The molecule has 1 saturated heterocycles. The first kappa shape index (κ1) is 15.6. The van der Waals surface area contributed by atoms with Crippen LogP contribution in [0.3, 0.4) is 0 Å². The van der Waals surface area contributed by atoms with Crippen LogP contribution >= 0.6 is 0 Å². The third kappa shape index (κ3) is 2.71. The van der Waals surface area contributed by atoms with Gasteiger partial charge in [0.2, 0.25) is 0 Å². The number of amides is 1. The molecule has 9 heteroatoms. The van der Waals surface area contributed by atoms with Gasteiger partial charge in [-0.05, 0) is 6.92 Å². The second kappa shape index (κ2) is 5.83. The number of aryl methyl sites for hydroxylation is 3. The second-order valence-corrected chi connectivity index (χ2v) is 6.28. The quantitative estimate of drug-likeness (QED) is 0.670. The fourth-order valence-electron chi connectivity index (χ4n) is 3.19. The molecule has 1 aliphatic heterocycles. The summed E-state index contributed by atoms with van der Waals surface area (Å²) in [5, 5.41) is 9.31. The zero-order valence-electron chi connectivity index (χ0n) is 14.5. The summed E-state index contributed by atoms with van der Waals surface area (Å²) in [5.41, 5.74) is 1.46. The molecule has 0 N–H and O–H groups in total. The Hall–Kier alpha value is -2.97. The maximum Gasteiger partial charge on any atom is 0.257 e. The van der Waals surface area contributed by atoms with Crippen LogP contribution in [-0.2, 0) is 14.1 Å². The third-order valence-corrected chi connectivity index (χ3v) is 4.50. The van der Waals surface area contributed by atoms with Gasteiger partial charge in [-0.2, -0.15) is 10.2 Å². The Kier molecular flexibility index (Phi) is 3.63. The van der Waals surface area contributed by atoms with Crippen LogP contribution in [0.1, 0.15) is 16.2 Å².